The summed E-state index contributed by atoms with van der Waals surface area (Å²) in [5, 5.41) is 13.7. The topological polar surface area (TPSA) is 61.6 Å². The first-order chi connectivity index (χ1) is 11.5. The van der Waals surface area contributed by atoms with Crippen LogP contribution >= 0.6 is 0 Å². The fourth-order valence-electron chi connectivity index (χ4n) is 2.52. The summed E-state index contributed by atoms with van der Waals surface area (Å²) in [7, 11) is 0. The maximum absolute atomic E-state index is 9.45. The number of nitriles is 1. The normalized spacial score (nSPS) is 11.2. The molecule has 2 heterocycles. The Morgan fingerprint density at radius 3 is 2.67 bits per heavy atom. The molecule has 0 amide bonds. The van der Waals surface area contributed by atoms with Gasteiger partial charge in [-0.05, 0) is 17.5 Å². The quantitative estimate of drug-likeness (QED) is 0.765. The third-order valence-electron chi connectivity index (χ3n) is 3.72. The number of para-hydroxylation sites is 1. The smallest absolute Gasteiger partial charge is 0.144 e. The average Bonchev–Trinajstić information content (AvgIpc) is 2.58. The second-order valence-corrected chi connectivity index (χ2v) is 7.03. The molecular formula is C20H20N4. The minimum absolute atomic E-state index is 0.103. The van der Waals surface area contributed by atoms with Gasteiger partial charge in [-0.15, -0.1) is 0 Å². The second-order valence-electron chi connectivity index (χ2n) is 7.03. The summed E-state index contributed by atoms with van der Waals surface area (Å²) in [5.41, 5.74) is 3.58. The fourth-order valence-corrected chi connectivity index (χ4v) is 2.52. The van der Waals surface area contributed by atoms with Crippen molar-refractivity contribution in [3.8, 4) is 17.2 Å². The number of hydrogen-bond acceptors (Lipinski definition) is 4. The zero-order chi connectivity index (χ0) is 17.2. The molecule has 1 aromatic carbocycles. The lowest BCUT2D eigenvalue weighted by atomic mass is 9.97. The van der Waals surface area contributed by atoms with E-state index in [1.165, 1.54) is 0 Å². The third-order valence-corrected chi connectivity index (χ3v) is 3.72. The van der Waals surface area contributed by atoms with Crippen molar-refractivity contribution in [3.63, 3.8) is 0 Å². The molecule has 0 bridgehead atoms. The van der Waals surface area contributed by atoms with Gasteiger partial charge in [0.25, 0.3) is 0 Å². The highest BCUT2D eigenvalue weighted by Crippen LogP contribution is 2.29. The van der Waals surface area contributed by atoms with E-state index in [1.54, 1.807) is 6.20 Å². The molecule has 4 heteroatoms. The molecule has 0 aliphatic heterocycles. The Kier molecular flexibility index (Phi) is 4.18. The molecule has 120 valence electrons. The van der Waals surface area contributed by atoms with Gasteiger partial charge in [0.15, 0.2) is 0 Å². The number of pyridine rings is 2. The van der Waals surface area contributed by atoms with Gasteiger partial charge in [0.2, 0.25) is 0 Å². The molecule has 1 N–H and O–H groups in total. The summed E-state index contributed by atoms with van der Waals surface area (Å²) < 4.78 is 0. The van der Waals surface area contributed by atoms with E-state index in [1.807, 2.05) is 42.6 Å². The molecule has 24 heavy (non-hydrogen) atoms. The fraction of sp³-hybridized carbons (Fsp3) is 0.250. The van der Waals surface area contributed by atoms with Gasteiger partial charge in [-0.25, -0.2) is 4.98 Å². The second kappa shape index (κ2) is 6.29. The number of nitrogens with zero attached hydrogens (tertiary/aromatic N) is 3. The first kappa shape index (κ1) is 15.9. The van der Waals surface area contributed by atoms with Gasteiger partial charge < -0.3 is 5.32 Å². The third kappa shape index (κ3) is 3.36. The van der Waals surface area contributed by atoms with Crippen LogP contribution < -0.4 is 5.32 Å². The standard InChI is InChI=1S/C20H20N4/c1-20(2,3)13-23-19-16(11-21)10-14-6-4-8-17(18(14)24-19)15-7-5-9-22-12-15/h4-10,12H,13H2,1-3H3,(H,23,24). The number of aromatic nitrogens is 2. The van der Waals surface area contributed by atoms with Gasteiger partial charge in [-0.1, -0.05) is 45.0 Å². The molecule has 0 unspecified atom stereocenters. The highest BCUT2D eigenvalue weighted by molar-refractivity contribution is 5.95. The van der Waals surface area contributed by atoms with Gasteiger partial charge in [0.1, 0.15) is 11.9 Å². The first-order valence-electron chi connectivity index (χ1n) is 7.96. The molecule has 0 fully saturated rings. The van der Waals surface area contributed by atoms with Gasteiger partial charge in [-0.2, -0.15) is 5.26 Å². The summed E-state index contributed by atoms with van der Waals surface area (Å²) >= 11 is 0. The van der Waals surface area contributed by atoms with Crippen molar-refractivity contribution in [1.29, 1.82) is 5.26 Å². The van der Waals surface area contributed by atoms with Crippen molar-refractivity contribution < 1.29 is 0 Å². The summed E-state index contributed by atoms with van der Waals surface area (Å²) in [6, 6.07) is 14.1. The maximum Gasteiger partial charge on any atom is 0.144 e. The molecule has 0 saturated carbocycles. The monoisotopic (exact) mass is 316 g/mol. The zero-order valence-corrected chi connectivity index (χ0v) is 14.2. The molecule has 0 aliphatic carbocycles. The van der Waals surface area contributed by atoms with Gasteiger partial charge in [0, 0.05) is 35.5 Å². The number of benzene rings is 1. The molecule has 0 atom stereocenters. The van der Waals surface area contributed by atoms with E-state index in [-0.39, 0.29) is 5.41 Å². The Morgan fingerprint density at radius 1 is 1.17 bits per heavy atom. The van der Waals surface area contributed by atoms with E-state index in [0.29, 0.717) is 11.4 Å². The summed E-state index contributed by atoms with van der Waals surface area (Å²) in [5.74, 6) is 0.635. The van der Waals surface area contributed by atoms with Crippen LogP contribution in [0.15, 0.2) is 48.8 Å². The molecule has 0 saturated heterocycles. The molecular weight excluding hydrogens is 296 g/mol. The lowest BCUT2D eigenvalue weighted by molar-refractivity contribution is 0.442. The Morgan fingerprint density at radius 2 is 2.00 bits per heavy atom. The van der Waals surface area contributed by atoms with Crippen LogP contribution in [0.2, 0.25) is 0 Å². The highest BCUT2D eigenvalue weighted by atomic mass is 15.0. The van der Waals surface area contributed by atoms with E-state index in [0.717, 1.165) is 28.6 Å². The molecule has 3 rings (SSSR count). The van der Waals surface area contributed by atoms with Crippen LogP contribution in [0.3, 0.4) is 0 Å². The van der Waals surface area contributed by atoms with Crippen LogP contribution in [0, 0.1) is 16.7 Å². The van der Waals surface area contributed by atoms with E-state index < -0.39 is 0 Å². The molecule has 4 nitrogen and oxygen atoms in total. The Balaban J connectivity index is 2.14. The lowest BCUT2D eigenvalue weighted by Gasteiger charge is -2.20. The predicted molar refractivity (Wildman–Crippen MR) is 97.6 cm³/mol. The first-order valence-corrected chi connectivity index (χ1v) is 7.96. The van der Waals surface area contributed by atoms with Crippen LogP contribution in [-0.2, 0) is 0 Å². The van der Waals surface area contributed by atoms with Crippen LogP contribution in [0.1, 0.15) is 26.3 Å². The predicted octanol–water partition coefficient (Wildman–Crippen LogP) is 4.63. The summed E-state index contributed by atoms with van der Waals surface area (Å²) in [4.78, 5) is 8.96. The molecule has 0 aliphatic rings. The number of rotatable bonds is 3. The molecule has 0 spiro atoms. The van der Waals surface area contributed by atoms with Crippen LogP contribution in [0.5, 0.6) is 0 Å². The van der Waals surface area contributed by atoms with E-state index in [4.69, 9.17) is 4.98 Å². The largest absolute Gasteiger partial charge is 0.368 e. The van der Waals surface area contributed by atoms with Crippen LogP contribution in [0.25, 0.3) is 22.0 Å². The Bertz CT molecular complexity index is 903. The van der Waals surface area contributed by atoms with Crippen LogP contribution in [-0.4, -0.2) is 16.5 Å². The van der Waals surface area contributed by atoms with Gasteiger partial charge in [-0.3, -0.25) is 4.98 Å². The number of fused-ring (bicyclic) bond motifs is 1. The Labute approximate surface area is 142 Å². The van der Waals surface area contributed by atoms with E-state index in [9.17, 15) is 5.26 Å². The molecule has 3 aromatic rings. The van der Waals surface area contributed by atoms with Crippen molar-refractivity contribution in [2.24, 2.45) is 5.41 Å². The van der Waals surface area contributed by atoms with Crippen molar-refractivity contribution in [1.82, 2.24) is 9.97 Å². The summed E-state index contributed by atoms with van der Waals surface area (Å²) in [6.45, 7) is 7.19. The zero-order valence-electron chi connectivity index (χ0n) is 14.2. The Hall–Kier alpha value is -2.93. The van der Waals surface area contributed by atoms with Crippen LogP contribution in [0.4, 0.5) is 5.82 Å². The van der Waals surface area contributed by atoms with Crippen molar-refractivity contribution in [2.45, 2.75) is 20.8 Å². The van der Waals surface area contributed by atoms with Crippen molar-refractivity contribution in [3.05, 3.63) is 54.4 Å². The summed E-state index contributed by atoms with van der Waals surface area (Å²) in [6.07, 6.45) is 3.59. The van der Waals surface area contributed by atoms with Crippen molar-refractivity contribution in [2.75, 3.05) is 11.9 Å². The van der Waals surface area contributed by atoms with E-state index >= 15 is 0 Å². The number of hydrogen-bond donors (Lipinski definition) is 1. The van der Waals surface area contributed by atoms with Gasteiger partial charge >= 0.3 is 0 Å². The molecule has 2 aromatic heterocycles. The number of anilines is 1. The minimum atomic E-state index is 0.103. The average molecular weight is 316 g/mol. The maximum atomic E-state index is 9.45. The van der Waals surface area contributed by atoms with E-state index in [2.05, 4.69) is 37.1 Å². The highest BCUT2D eigenvalue weighted by Gasteiger charge is 2.14. The SMILES string of the molecule is CC(C)(C)CNc1nc2c(-c3cccnc3)cccc2cc1C#N. The molecule has 0 radical (unpaired) electrons. The van der Waals surface area contributed by atoms with Crippen molar-refractivity contribution >= 4 is 16.7 Å². The lowest BCUT2D eigenvalue weighted by Crippen LogP contribution is -2.20. The minimum Gasteiger partial charge on any atom is -0.368 e. The number of nitrogens with one attached hydrogen (secondary N) is 1. The van der Waals surface area contributed by atoms with Gasteiger partial charge in [0.05, 0.1) is 11.1 Å².